The quantitative estimate of drug-likeness (QED) is 0.626. The van der Waals surface area contributed by atoms with Crippen molar-refractivity contribution in [3.8, 4) is 0 Å². The molecule has 0 aromatic carbocycles. The topological polar surface area (TPSA) is 50.7 Å². The highest BCUT2D eigenvalue weighted by atomic mass is 32.1. The summed E-state index contributed by atoms with van der Waals surface area (Å²) in [5.41, 5.74) is -0.197. The third-order valence-corrected chi connectivity index (χ3v) is 3.16. The van der Waals surface area contributed by atoms with E-state index in [1.54, 1.807) is 17.6 Å². The monoisotopic (exact) mass is 254 g/mol. The van der Waals surface area contributed by atoms with Crippen LogP contribution in [0.4, 0.5) is 0 Å². The first kappa shape index (κ1) is 13.7. The first-order chi connectivity index (χ1) is 8.03. The lowest BCUT2D eigenvalue weighted by Gasteiger charge is -2.23. The number of oxime groups is 1. The van der Waals surface area contributed by atoms with E-state index in [0.29, 0.717) is 0 Å². The minimum absolute atomic E-state index is 0.0503. The van der Waals surface area contributed by atoms with Gasteiger partial charge in [0.05, 0.1) is 6.21 Å². The van der Waals surface area contributed by atoms with Crippen LogP contribution in [-0.4, -0.2) is 24.3 Å². The average Bonchev–Trinajstić information content (AvgIpc) is 2.77. The molecule has 0 spiro atoms. The molecular formula is C12H18N2O2S. The summed E-state index contributed by atoms with van der Waals surface area (Å²) in [5, 5.41) is 8.55. The highest BCUT2D eigenvalue weighted by Crippen LogP contribution is 2.06. The molecule has 1 amide bonds. The molecule has 1 N–H and O–H groups in total. The van der Waals surface area contributed by atoms with Crippen molar-refractivity contribution in [2.24, 2.45) is 5.16 Å². The molecule has 0 radical (unpaired) electrons. The maximum absolute atomic E-state index is 11.5. The van der Waals surface area contributed by atoms with Crippen LogP contribution < -0.4 is 5.32 Å². The van der Waals surface area contributed by atoms with E-state index in [-0.39, 0.29) is 18.1 Å². The van der Waals surface area contributed by atoms with Crippen molar-refractivity contribution in [3.63, 3.8) is 0 Å². The second-order valence-corrected chi connectivity index (χ2v) is 5.29. The Kier molecular flexibility index (Phi) is 5.15. The number of nitrogens with zero attached hydrogens (tertiary/aromatic N) is 1. The first-order valence-electron chi connectivity index (χ1n) is 5.53. The fourth-order valence-corrected chi connectivity index (χ4v) is 1.63. The van der Waals surface area contributed by atoms with Gasteiger partial charge in [0, 0.05) is 10.4 Å². The molecule has 0 bridgehead atoms. The third-order valence-electron chi connectivity index (χ3n) is 2.35. The second-order valence-electron chi connectivity index (χ2n) is 4.31. The van der Waals surface area contributed by atoms with Crippen LogP contribution in [0.5, 0.6) is 0 Å². The molecule has 0 saturated carbocycles. The van der Waals surface area contributed by atoms with Crippen molar-refractivity contribution in [2.45, 2.75) is 32.7 Å². The van der Waals surface area contributed by atoms with E-state index in [1.165, 1.54) is 0 Å². The summed E-state index contributed by atoms with van der Waals surface area (Å²) in [6, 6.07) is 3.86. The van der Waals surface area contributed by atoms with Crippen molar-refractivity contribution in [1.29, 1.82) is 0 Å². The zero-order valence-corrected chi connectivity index (χ0v) is 11.2. The molecule has 4 nitrogen and oxygen atoms in total. The molecule has 0 saturated heterocycles. The van der Waals surface area contributed by atoms with Crippen molar-refractivity contribution in [2.75, 3.05) is 6.61 Å². The van der Waals surface area contributed by atoms with E-state index < -0.39 is 0 Å². The Morgan fingerprint density at radius 2 is 2.41 bits per heavy atom. The summed E-state index contributed by atoms with van der Waals surface area (Å²) in [6.07, 6.45) is 2.47. The summed E-state index contributed by atoms with van der Waals surface area (Å²) in [7, 11) is 0. The molecule has 0 atom stereocenters. The van der Waals surface area contributed by atoms with E-state index in [2.05, 4.69) is 10.5 Å². The molecule has 0 unspecified atom stereocenters. The summed E-state index contributed by atoms with van der Waals surface area (Å²) in [6.45, 7) is 5.92. The molecule has 0 aliphatic heterocycles. The lowest BCUT2D eigenvalue weighted by Crippen LogP contribution is -2.44. The van der Waals surface area contributed by atoms with Gasteiger partial charge in [-0.25, -0.2) is 0 Å². The number of hydrogen-bond donors (Lipinski definition) is 1. The lowest BCUT2D eigenvalue weighted by atomic mass is 10.0. The maximum Gasteiger partial charge on any atom is 0.261 e. The Bertz CT molecular complexity index is 372. The molecule has 0 aliphatic rings. The van der Waals surface area contributed by atoms with Crippen molar-refractivity contribution >= 4 is 23.5 Å². The van der Waals surface area contributed by atoms with Crippen LogP contribution in [0.3, 0.4) is 0 Å². The lowest BCUT2D eigenvalue weighted by molar-refractivity contribution is -0.127. The summed E-state index contributed by atoms with van der Waals surface area (Å²) in [5.74, 6) is -0.153. The van der Waals surface area contributed by atoms with E-state index in [9.17, 15) is 4.79 Å². The van der Waals surface area contributed by atoms with Gasteiger partial charge in [0.25, 0.3) is 5.91 Å². The standard InChI is InChI=1S/C12H18N2O2S/c1-4-12(2,3)14-11(15)9-16-13-8-10-6-5-7-17-10/h5-8H,4,9H2,1-3H3,(H,14,15)/b13-8+. The molecule has 0 aliphatic carbocycles. The number of thiophene rings is 1. The summed E-state index contributed by atoms with van der Waals surface area (Å²) < 4.78 is 0. The molecule has 5 heteroatoms. The van der Waals surface area contributed by atoms with E-state index in [4.69, 9.17) is 4.84 Å². The molecule has 0 fully saturated rings. The SMILES string of the molecule is CCC(C)(C)NC(=O)CO/N=C/c1cccs1. The van der Waals surface area contributed by atoms with Gasteiger partial charge in [-0.15, -0.1) is 11.3 Å². The van der Waals surface area contributed by atoms with Crippen LogP contribution in [-0.2, 0) is 9.63 Å². The predicted octanol–water partition coefficient (Wildman–Crippen LogP) is 2.40. The van der Waals surface area contributed by atoms with Crippen LogP contribution in [0.1, 0.15) is 32.1 Å². The molecule has 1 rings (SSSR count). The molecule has 1 aromatic rings. The van der Waals surface area contributed by atoms with Gasteiger partial charge in [0.15, 0.2) is 6.61 Å². The summed E-state index contributed by atoms with van der Waals surface area (Å²) >= 11 is 1.57. The van der Waals surface area contributed by atoms with Crippen molar-refractivity contribution in [1.82, 2.24) is 5.32 Å². The van der Waals surface area contributed by atoms with E-state index in [0.717, 1.165) is 11.3 Å². The largest absolute Gasteiger partial charge is 0.386 e. The van der Waals surface area contributed by atoms with Crippen LogP contribution >= 0.6 is 11.3 Å². The Morgan fingerprint density at radius 1 is 1.65 bits per heavy atom. The molecule has 17 heavy (non-hydrogen) atoms. The molecule has 1 aromatic heterocycles. The Hall–Kier alpha value is -1.36. The van der Waals surface area contributed by atoms with Crippen LogP contribution in [0, 0.1) is 0 Å². The van der Waals surface area contributed by atoms with Gasteiger partial charge in [0.1, 0.15) is 0 Å². The molecule has 1 heterocycles. The number of carbonyl (C=O) groups excluding carboxylic acids is 1. The smallest absolute Gasteiger partial charge is 0.261 e. The van der Waals surface area contributed by atoms with Gasteiger partial charge in [0.2, 0.25) is 0 Å². The van der Waals surface area contributed by atoms with E-state index >= 15 is 0 Å². The predicted molar refractivity (Wildman–Crippen MR) is 70.4 cm³/mol. The number of carbonyl (C=O) groups is 1. The van der Waals surface area contributed by atoms with Gasteiger partial charge >= 0.3 is 0 Å². The number of rotatable bonds is 6. The summed E-state index contributed by atoms with van der Waals surface area (Å²) in [4.78, 5) is 17.4. The van der Waals surface area contributed by atoms with Crippen LogP contribution in [0.25, 0.3) is 0 Å². The van der Waals surface area contributed by atoms with Gasteiger partial charge in [-0.1, -0.05) is 18.1 Å². The number of hydrogen-bond acceptors (Lipinski definition) is 4. The van der Waals surface area contributed by atoms with Crippen LogP contribution in [0.2, 0.25) is 0 Å². The fourth-order valence-electron chi connectivity index (χ4n) is 1.05. The number of amides is 1. The van der Waals surface area contributed by atoms with Gasteiger partial charge in [-0.3, -0.25) is 4.79 Å². The second kappa shape index (κ2) is 6.39. The first-order valence-corrected chi connectivity index (χ1v) is 6.41. The fraction of sp³-hybridized carbons (Fsp3) is 0.500. The highest BCUT2D eigenvalue weighted by Gasteiger charge is 2.17. The van der Waals surface area contributed by atoms with E-state index in [1.807, 2.05) is 38.3 Å². The third kappa shape index (κ3) is 5.49. The maximum atomic E-state index is 11.5. The minimum Gasteiger partial charge on any atom is -0.386 e. The molecule has 94 valence electrons. The van der Waals surface area contributed by atoms with Gasteiger partial charge in [-0.2, -0.15) is 0 Å². The average molecular weight is 254 g/mol. The Balaban J connectivity index is 2.25. The van der Waals surface area contributed by atoms with Crippen molar-refractivity contribution in [3.05, 3.63) is 22.4 Å². The van der Waals surface area contributed by atoms with Crippen molar-refractivity contribution < 1.29 is 9.63 Å². The zero-order valence-electron chi connectivity index (χ0n) is 10.4. The van der Waals surface area contributed by atoms with Gasteiger partial charge < -0.3 is 10.2 Å². The minimum atomic E-state index is -0.197. The number of nitrogens with one attached hydrogen (secondary N) is 1. The molecular weight excluding hydrogens is 236 g/mol. The van der Waals surface area contributed by atoms with Gasteiger partial charge in [-0.05, 0) is 31.7 Å². The zero-order chi connectivity index (χ0) is 12.7. The van der Waals surface area contributed by atoms with Crippen LogP contribution in [0.15, 0.2) is 22.7 Å². The Morgan fingerprint density at radius 3 is 3.00 bits per heavy atom. The Labute approximate surface area is 106 Å². The normalized spacial score (nSPS) is 11.7. The highest BCUT2D eigenvalue weighted by molar-refractivity contribution is 7.11.